The average Bonchev–Trinajstić information content (AvgIpc) is 3.25. The van der Waals surface area contributed by atoms with Crippen molar-refractivity contribution in [3.8, 4) is 0 Å². The van der Waals surface area contributed by atoms with E-state index in [0.29, 0.717) is 18.7 Å². The van der Waals surface area contributed by atoms with Crippen LogP contribution in [-0.2, 0) is 10.9 Å². The summed E-state index contributed by atoms with van der Waals surface area (Å²) in [6.07, 6.45) is 0.958. The number of carbonyl (C=O) groups excluding carboxylic acids is 1. The van der Waals surface area contributed by atoms with Crippen LogP contribution in [0.3, 0.4) is 0 Å². The predicted molar refractivity (Wildman–Crippen MR) is 97.0 cm³/mol. The van der Waals surface area contributed by atoms with Crippen molar-refractivity contribution < 1.29 is 22.7 Å². The number of halogens is 3. The largest absolute Gasteiger partial charge is 0.444 e. The summed E-state index contributed by atoms with van der Waals surface area (Å²) in [5.74, 6) is 0.613. The number of rotatable bonds is 1. The minimum Gasteiger partial charge on any atom is -0.444 e. The molecule has 1 aliphatic heterocycles. The first-order chi connectivity index (χ1) is 13.0. The molecule has 0 radical (unpaired) electrons. The lowest BCUT2D eigenvalue weighted by Gasteiger charge is -2.25. The lowest BCUT2D eigenvalue weighted by atomic mass is 9.94. The standard InChI is InChI=1S/C20H24F3N3O2/c1-19(2,3)28-18(27)25-8-13-4-12(5-14(13)9-25)16-6-15(20(21,22)23)10-26-11-24-7-17(16)26/h6-7,10-14H,4-5,8-9H2,1-3H3. The molecule has 8 heteroatoms. The van der Waals surface area contributed by atoms with Gasteiger partial charge in [-0.3, -0.25) is 0 Å². The number of amides is 1. The summed E-state index contributed by atoms with van der Waals surface area (Å²) >= 11 is 0. The van der Waals surface area contributed by atoms with E-state index >= 15 is 0 Å². The van der Waals surface area contributed by atoms with Crippen molar-refractivity contribution in [1.29, 1.82) is 0 Å². The Bertz CT molecular complexity index is 886. The van der Waals surface area contributed by atoms with Gasteiger partial charge in [0.05, 0.1) is 23.6 Å². The van der Waals surface area contributed by atoms with E-state index in [0.717, 1.165) is 24.6 Å². The van der Waals surface area contributed by atoms with Crippen LogP contribution >= 0.6 is 0 Å². The summed E-state index contributed by atoms with van der Waals surface area (Å²) in [4.78, 5) is 18.1. The Kier molecular flexibility index (Phi) is 4.35. The monoisotopic (exact) mass is 395 g/mol. The number of ether oxygens (including phenoxy) is 1. The lowest BCUT2D eigenvalue weighted by Crippen LogP contribution is -2.36. The van der Waals surface area contributed by atoms with Crippen molar-refractivity contribution in [2.75, 3.05) is 13.1 Å². The molecule has 2 aliphatic rings. The fraction of sp³-hybridized carbons (Fsp3) is 0.600. The van der Waals surface area contributed by atoms with E-state index in [1.165, 1.54) is 16.8 Å². The summed E-state index contributed by atoms with van der Waals surface area (Å²) in [7, 11) is 0. The van der Waals surface area contributed by atoms with E-state index in [1.54, 1.807) is 11.1 Å². The molecule has 2 atom stereocenters. The van der Waals surface area contributed by atoms with Gasteiger partial charge in [-0.25, -0.2) is 9.78 Å². The molecule has 3 heterocycles. The van der Waals surface area contributed by atoms with Gasteiger partial charge >= 0.3 is 12.3 Å². The fourth-order valence-electron chi connectivity index (χ4n) is 4.57. The minimum absolute atomic E-state index is 0.0392. The van der Waals surface area contributed by atoms with Crippen LogP contribution in [0.25, 0.3) is 5.52 Å². The van der Waals surface area contributed by atoms with Crippen LogP contribution in [0.4, 0.5) is 18.0 Å². The quantitative estimate of drug-likeness (QED) is 0.702. The van der Waals surface area contributed by atoms with E-state index in [-0.39, 0.29) is 23.8 Å². The Morgan fingerprint density at radius 2 is 1.82 bits per heavy atom. The van der Waals surface area contributed by atoms with E-state index < -0.39 is 17.3 Å². The van der Waals surface area contributed by atoms with Crippen molar-refractivity contribution in [2.45, 2.75) is 51.3 Å². The Morgan fingerprint density at radius 3 is 2.39 bits per heavy atom. The summed E-state index contributed by atoms with van der Waals surface area (Å²) in [5.41, 5.74) is 0.233. The molecule has 2 aromatic heterocycles. The number of alkyl halides is 3. The topological polar surface area (TPSA) is 46.8 Å². The number of aromatic nitrogens is 2. The molecule has 1 aliphatic carbocycles. The zero-order valence-electron chi connectivity index (χ0n) is 16.2. The second-order valence-electron chi connectivity index (χ2n) is 8.94. The number of carbonyl (C=O) groups is 1. The van der Waals surface area contributed by atoms with Crippen molar-refractivity contribution >= 4 is 11.6 Å². The van der Waals surface area contributed by atoms with Crippen LogP contribution in [0, 0.1) is 11.8 Å². The minimum atomic E-state index is -4.39. The van der Waals surface area contributed by atoms with Gasteiger partial charge in [0, 0.05) is 19.3 Å². The third kappa shape index (κ3) is 3.56. The maximum Gasteiger partial charge on any atom is 0.417 e. The number of imidazole rings is 1. The van der Waals surface area contributed by atoms with Crippen LogP contribution in [-0.4, -0.2) is 39.1 Å². The highest BCUT2D eigenvalue weighted by Crippen LogP contribution is 2.48. The highest BCUT2D eigenvalue weighted by atomic mass is 19.4. The first-order valence-electron chi connectivity index (χ1n) is 9.52. The molecule has 4 rings (SSSR count). The normalized spacial score (nSPS) is 25.4. The zero-order valence-corrected chi connectivity index (χ0v) is 16.2. The molecule has 28 heavy (non-hydrogen) atoms. The molecule has 1 saturated carbocycles. The molecule has 0 bridgehead atoms. The average molecular weight is 395 g/mol. The summed E-state index contributed by atoms with van der Waals surface area (Å²) < 4.78 is 46.8. The van der Waals surface area contributed by atoms with Crippen molar-refractivity contribution in [3.05, 3.63) is 35.9 Å². The van der Waals surface area contributed by atoms with Crippen LogP contribution in [0.5, 0.6) is 0 Å². The summed E-state index contributed by atoms with van der Waals surface area (Å²) in [6.45, 7) is 6.71. The van der Waals surface area contributed by atoms with E-state index in [9.17, 15) is 18.0 Å². The first-order valence-corrected chi connectivity index (χ1v) is 9.52. The SMILES string of the molecule is CC(C)(C)OC(=O)N1CC2CC(c3cc(C(F)(F)F)cn4cncc34)CC2C1. The number of hydrogen-bond donors (Lipinski definition) is 0. The van der Waals surface area contributed by atoms with Gasteiger partial charge in [-0.2, -0.15) is 13.2 Å². The van der Waals surface area contributed by atoms with Gasteiger partial charge < -0.3 is 14.0 Å². The van der Waals surface area contributed by atoms with E-state index in [2.05, 4.69) is 4.98 Å². The molecule has 0 aromatic carbocycles. The molecule has 0 spiro atoms. The molecule has 2 aromatic rings. The van der Waals surface area contributed by atoms with Crippen molar-refractivity contribution in [1.82, 2.24) is 14.3 Å². The highest BCUT2D eigenvalue weighted by molar-refractivity contribution is 5.68. The molecule has 1 amide bonds. The Morgan fingerprint density at radius 1 is 1.18 bits per heavy atom. The van der Waals surface area contributed by atoms with E-state index in [1.807, 2.05) is 20.8 Å². The van der Waals surface area contributed by atoms with Crippen LogP contribution in [0.15, 0.2) is 24.8 Å². The number of fused-ring (bicyclic) bond motifs is 2. The molecule has 5 nitrogen and oxygen atoms in total. The maximum atomic E-state index is 13.3. The fourth-order valence-corrected chi connectivity index (χ4v) is 4.57. The van der Waals surface area contributed by atoms with Gasteiger partial charge in [0.15, 0.2) is 0 Å². The van der Waals surface area contributed by atoms with Gasteiger partial charge in [-0.15, -0.1) is 0 Å². The number of likely N-dealkylation sites (tertiary alicyclic amines) is 1. The molecule has 2 unspecified atom stereocenters. The molecular weight excluding hydrogens is 371 g/mol. The second-order valence-corrected chi connectivity index (χ2v) is 8.94. The van der Waals surface area contributed by atoms with Gasteiger partial charge in [-0.05, 0) is 63.0 Å². The molecular formula is C20H24F3N3O2. The highest BCUT2D eigenvalue weighted by Gasteiger charge is 2.44. The predicted octanol–water partition coefficient (Wildman–Crippen LogP) is 4.71. The van der Waals surface area contributed by atoms with Crippen molar-refractivity contribution in [2.24, 2.45) is 11.8 Å². The van der Waals surface area contributed by atoms with Crippen LogP contribution in [0.1, 0.15) is 50.7 Å². The number of hydrogen-bond acceptors (Lipinski definition) is 3. The number of pyridine rings is 1. The summed E-state index contributed by atoms with van der Waals surface area (Å²) in [6, 6.07) is 1.27. The molecule has 2 fully saturated rings. The van der Waals surface area contributed by atoms with Gasteiger partial charge in [0.2, 0.25) is 0 Å². The molecule has 152 valence electrons. The zero-order chi connectivity index (χ0) is 20.3. The maximum absolute atomic E-state index is 13.3. The Balaban J connectivity index is 1.53. The first kappa shape index (κ1) is 19.1. The second kappa shape index (κ2) is 6.39. The van der Waals surface area contributed by atoms with Gasteiger partial charge in [0.25, 0.3) is 0 Å². The molecule has 1 saturated heterocycles. The van der Waals surface area contributed by atoms with E-state index in [4.69, 9.17) is 4.74 Å². The van der Waals surface area contributed by atoms with Crippen molar-refractivity contribution in [3.63, 3.8) is 0 Å². The van der Waals surface area contributed by atoms with Crippen LogP contribution < -0.4 is 0 Å². The summed E-state index contributed by atoms with van der Waals surface area (Å²) in [5, 5.41) is 0. The molecule has 0 N–H and O–H groups in total. The Labute approximate surface area is 161 Å². The lowest BCUT2D eigenvalue weighted by molar-refractivity contribution is -0.137. The van der Waals surface area contributed by atoms with Gasteiger partial charge in [0.1, 0.15) is 5.60 Å². The van der Waals surface area contributed by atoms with Gasteiger partial charge in [-0.1, -0.05) is 0 Å². The number of nitrogens with zero attached hydrogens (tertiary/aromatic N) is 3. The third-order valence-corrected chi connectivity index (χ3v) is 5.72. The smallest absolute Gasteiger partial charge is 0.417 e. The van der Waals surface area contributed by atoms with Crippen LogP contribution in [0.2, 0.25) is 0 Å². The Hall–Kier alpha value is -2.25. The third-order valence-electron chi connectivity index (χ3n) is 5.72.